The monoisotopic (exact) mass is 282 g/mol. The number of aliphatic hydroxyl groups is 1. The van der Waals surface area contributed by atoms with E-state index in [4.69, 9.17) is 22.4 Å². The molecule has 1 rings (SSSR count). The minimum Gasteiger partial charge on any atom is -0.390 e. The third-order valence-electron chi connectivity index (χ3n) is 1.96. The average Bonchev–Trinajstić information content (AvgIpc) is 2.25. The first-order valence-electron chi connectivity index (χ1n) is 4.69. The third kappa shape index (κ3) is 3.90. The van der Waals surface area contributed by atoms with Gasteiger partial charge >= 0.3 is 0 Å². The number of halogens is 2. The molecule has 0 saturated heterocycles. The van der Waals surface area contributed by atoms with Crippen molar-refractivity contribution in [2.24, 2.45) is 5.73 Å². The van der Waals surface area contributed by atoms with Gasteiger partial charge in [0.05, 0.1) is 11.1 Å². The van der Waals surface area contributed by atoms with Crippen LogP contribution < -0.4 is 10.5 Å². The summed E-state index contributed by atoms with van der Waals surface area (Å²) in [6.07, 6.45) is -0.982. The van der Waals surface area contributed by atoms with Crippen LogP contribution in [0.1, 0.15) is 0 Å². The molecule has 0 aliphatic rings. The van der Waals surface area contributed by atoms with Crippen molar-refractivity contribution in [3.8, 4) is 0 Å². The van der Waals surface area contributed by atoms with Crippen LogP contribution in [-0.2, 0) is 10.0 Å². The minimum atomic E-state index is -3.88. The third-order valence-corrected chi connectivity index (χ3v) is 3.87. The van der Waals surface area contributed by atoms with Gasteiger partial charge in [0.1, 0.15) is 10.7 Å². The molecular formula is C9H12ClFN2O3S. The van der Waals surface area contributed by atoms with Crippen LogP contribution in [-0.4, -0.2) is 32.7 Å². The molecule has 0 radical (unpaired) electrons. The molecule has 0 unspecified atom stereocenters. The number of rotatable bonds is 5. The Morgan fingerprint density at radius 1 is 1.53 bits per heavy atom. The number of nitrogens with one attached hydrogen (secondary N) is 1. The van der Waals surface area contributed by atoms with Crippen LogP contribution in [0.2, 0.25) is 5.02 Å². The Kier molecular flexibility index (Phi) is 4.84. The summed E-state index contributed by atoms with van der Waals surface area (Å²) in [5.41, 5.74) is 5.13. The maximum absolute atomic E-state index is 12.7. The molecule has 17 heavy (non-hydrogen) atoms. The van der Waals surface area contributed by atoms with E-state index in [0.29, 0.717) is 0 Å². The molecule has 1 atom stereocenters. The lowest BCUT2D eigenvalue weighted by Gasteiger charge is -2.11. The molecule has 0 fully saturated rings. The molecule has 0 aliphatic carbocycles. The zero-order valence-corrected chi connectivity index (χ0v) is 10.3. The van der Waals surface area contributed by atoms with Gasteiger partial charge in [-0.05, 0) is 18.2 Å². The number of benzene rings is 1. The van der Waals surface area contributed by atoms with Gasteiger partial charge in [-0.1, -0.05) is 11.6 Å². The van der Waals surface area contributed by atoms with Gasteiger partial charge < -0.3 is 10.8 Å². The van der Waals surface area contributed by atoms with Gasteiger partial charge in [-0.3, -0.25) is 0 Å². The number of nitrogens with two attached hydrogens (primary N) is 1. The summed E-state index contributed by atoms with van der Waals surface area (Å²) < 4.78 is 38.3. The van der Waals surface area contributed by atoms with Crippen LogP contribution in [0.3, 0.4) is 0 Å². The van der Waals surface area contributed by atoms with E-state index in [1.165, 1.54) is 0 Å². The van der Waals surface area contributed by atoms with E-state index in [-0.39, 0.29) is 23.0 Å². The first-order valence-corrected chi connectivity index (χ1v) is 6.56. The largest absolute Gasteiger partial charge is 0.390 e. The van der Waals surface area contributed by atoms with Gasteiger partial charge in [-0.25, -0.2) is 17.5 Å². The van der Waals surface area contributed by atoms with Gasteiger partial charge in [0.15, 0.2) is 0 Å². The van der Waals surface area contributed by atoms with Crippen molar-refractivity contribution in [3.05, 3.63) is 29.0 Å². The quantitative estimate of drug-likeness (QED) is 0.713. The fraction of sp³-hybridized carbons (Fsp3) is 0.333. The Labute approximate surface area is 103 Å². The summed E-state index contributed by atoms with van der Waals surface area (Å²) in [5, 5.41) is 8.91. The highest BCUT2D eigenvalue weighted by atomic mass is 35.5. The Bertz CT molecular complexity index is 495. The fourth-order valence-electron chi connectivity index (χ4n) is 1.06. The second-order valence-electron chi connectivity index (χ2n) is 3.32. The highest BCUT2D eigenvalue weighted by Gasteiger charge is 2.18. The van der Waals surface area contributed by atoms with Crippen LogP contribution in [0.5, 0.6) is 0 Å². The molecule has 0 aliphatic heterocycles. The Morgan fingerprint density at radius 2 is 2.18 bits per heavy atom. The predicted molar refractivity (Wildman–Crippen MR) is 61.7 cm³/mol. The SMILES string of the molecule is NC[C@H](O)CNS(=O)(=O)c1ccc(F)cc1Cl. The Balaban J connectivity index is 2.90. The molecule has 8 heteroatoms. The summed E-state index contributed by atoms with van der Waals surface area (Å²) in [4.78, 5) is -0.246. The first kappa shape index (κ1) is 14.3. The van der Waals surface area contributed by atoms with Crippen LogP contribution in [0, 0.1) is 5.82 Å². The van der Waals surface area contributed by atoms with Gasteiger partial charge in [0.2, 0.25) is 10.0 Å². The number of aliphatic hydroxyl groups excluding tert-OH is 1. The zero-order valence-electron chi connectivity index (χ0n) is 8.73. The van der Waals surface area contributed by atoms with E-state index in [0.717, 1.165) is 18.2 Å². The summed E-state index contributed by atoms with van der Waals surface area (Å²) in [5.74, 6) is -0.629. The Morgan fingerprint density at radius 3 is 2.71 bits per heavy atom. The molecular weight excluding hydrogens is 271 g/mol. The van der Waals surface area contributed by atoms with E-state index in [9.17, 15) is 12.8 Å². The second-order valence-corrected chi connectivity index (χ2v) is 5.46. The Hall–Kier alpha value is -0.730. The molecule has 1 aromatic carbocycles. The maximum Gasteiger partial charge on any atom is 0.242 e. The molecule has 96 valence electrons. The van der Waals surface area contributed by atoms with Crippen LogP contribution >= 0.6 is 11.6 Å². The topological polar surface area (TPSA) is 92.4 Å². The smallest absolute Gasteiger partial charge is 0.242 e. The van der Waals surface area contributed by atoms with Crippen molar-refractivity contribution in [3.63, 3.8) is 0 Å². The summed E-state index contributed by atoms with van der Waals surface area (Å²) in [6.45, 7) is -0.299. The highest BCUT2D eigenvalue weighted by Crippen LogP contribution is 2.21. The molecule has 0 spiro atoms. The van der Waals surface area contributed by atoms with Crippen molar-refractivity contribution < 1.29 is 17.9 Å². The fourth-order valence-corrected chi connectivity index (χ4v) is 2.66. The van der Waals surface area contributed by atoms with Crippen molar-refractivity contribution in [2.75, 3.05) is 13.1 Å². The predicted octanol–water partition coefficient (Wildman–Crippen LogP) is 0.0770. The van der Waals surface area contributed by atoms with E-state index in [2.05, 4.69) is 4.72 Å². The van der Waals surface area contributed by atoms with Crippen molar-refractivity contribution in [1.29, 1.82) is 0 Å². The molecule has 4 N–H and O–H groups in total. The highest BCUT2D eigenvalue weighted by molar-refractivity contribution is 7.89. The normalized spacial score (nSPS) is 13.6. The van der Waals surface area contributed by atoms with Gasteiger partial charge in [-0.15, -0.1) is 0 Å². The number of sulfonamides is 1. The molecule has 0 amide bonds. The lowest BCUT2D eigenvalue weighted by molar-refractivity contribution is 0.186. The molecule has 0 saturated carbocycles. The molecule has 5 nitrogen and oxygen atoms in total. The van der Waals surface area contributed by atoms with E-state index < -0.39 is 21.9 Å². The van der Waals surface area contributed by atoms with E-state index in [1.54, 1.807) is 0 Å². The number of hydrogen-bond donors (Lipinski definition) is 3. The van der Waals surface area contributed by atoms with Crippen LogP contribution in [0.4, 0.5) is 4.39 Å². The second kappa shape index (κ2) is 5.74. The van der Waals surface area contributed by atoms with Crippen molar-refractivity contribution >= 4 is 21.6 Å². The summed E-state index contributed by atoms with van der Waals surface area (Å²) >= 11 is 5.62. The van der Waals surface area contributed by atoms with E-state index >= 15 is 0 Å². The lowest BCUT2D eigenvalue weighted by Crippen LogP contribution is -2.36. The van der Waals surface area contributed by atoms with Crippen LogP contribution in [0.15, 0.2) is 23.1 Å². The number of hydrogen-bond acceptors (Lipinski definition) is 4. The van der Waals surface area contributed by atoms with Gasteiger partial charge in [-0.2, -0.15) is 0 Å². The molecule has 0 bridgehead atoms. The summed E-state index contributed by atoms with van der Waals surface area (Å²) in [6, 6.07) is 2.93. The van der Waals surface area contributed by atoms with Crippen molar-refractivity contribution in [1.82, 2.24) is 4.72 Å². The molecule has 1 aromatic rings. The lowest BCUT2D eigenvalue weighted by atomic mass is 10.3. The van der Waals surface area contributed by atoms with Crippen molar-refractivity contribution in [2.45, 2.75) is 11.0 Å². The van der Waals surface area contributed by atoms with E-state index in [1.807, 2.05) is 0 Å². The molecule has 0 heterocycles. The average molecular weight is 283 g/mol. The maximum atomic E-state index is 12.7. The standard InChI is InChI=1S/C9H12ClFN2O3S/c10-8-3-6(11)1-2-9(8)17(15,16)13-5-7(14)4-12/h1-3,7,13-14H,4-5,12H2/t7-/m0/s1. The van der Waals surface area contributed by atoms with Gasteiger partial charge in [0.25, 0.3) is 0 Å². The first-order chi connectivity index (χ1) is 7.86. The summed E-state index contributed by atoms with van der Waals surface area (Å²) in [7, 11) is -3.88. The minimum absolute atomic E-state index is 0.0698. The zero-order chi connectivity index (χ0) is 13.1. The van der Waals surface area contributed by atoms with Crippen LogP contribution in [0.25, 0.3) is 0 Å². The van der Waals surface area contributed by atoms with Gasteiger partial charge in [0, 0.05) is 13.1 Å². The molecule has 0 aromatic heterocycles.